The van der Waals surface area contributed by atoms with Crippen molar-refractivity contribution < 1.29 is 10.0 Å². The summed E-state index contributed by atoms with van der Waals surface area (Å²) in [5, 5.41) is 23.3. The molecule has 0 amide bonds. The lowest BCUT2D eigenvalue weighted by molar-refractivity contribution is -0.384. The Bertz CT molecular complexity index is 436. The number of hydrogen-bond acceptors (Lipinski definition) is 8. The highest BCUT2D eigenvalue weighted by molar-refractivity contribution is 5.56. The number of nitrogens with one attached hydrogen (secondary N) is 2. The Kier molecular flexibility index (Phi) is 4.34. The maximum atomic E-state index is 10.8. The van der Waals surface area contributed by atoms with Crippen molar-refractivity contribution in [3.05, 3.63) is 16.3 Å². The molecular formula is C9H16N6O3. The number of anilines is 2. The van der Waals surface area contributed by atoms with E-state index >= 15 is 0 Å². The van der Waals surface area contributed by atoms with Gasteiger partial charge in [0.05, 0.1) is 10.5 Å². The van der Waals surface area contributed by atoms with E-state index in [0.29, 0.717) is 6.42 Å². The van der Waals surface area contributed by atoms with Crippen LogP contribution in [0.15, 0.2) is 6.20 Å². The number of nitrogen functional groups attached to an aromatic ring is 1. The lowest BCUT2D eigenvalue weighted by Gasteiger charge is -2.21. The molecule has 100 valence electrons. The Hall–Kier alpha value is -2.00. The molecule has 5 N–H and O–H groups in total. The van der Waals surface area contributed by atoms with E-state index in [-0.39, 0.29) is 24.0 Å². The van der Waals surface area contributed by atoms with Crippen molar-refractivity contribution >= 4 is 17.5 Å². The number of aromatic nitrogens is 2. The lowest BCUT2D eigenvalue weighted by atomic mass is 10.0. The van der Waals surface area contributed by atoms with Gasteiger partial charge in [-0.2, -0.15) is 4.98 Å². The summed E-state index contributed by atoms with van der Waals surface area (Å²) in [5.41, 5.74) is 0.943. The van der Waals surface area contributed by atoms with Crippen molar-refractivity contribution in [3.63, 3.8) is 0 Å². The number of nitro groups is 1. The van der Waals surface area contributed by atoms with Gasteiger partial charge in [-0.3, -0.25) is 15.5 Å². The molecule has 0 radical (unpaired) electrons. The summed E-state index contributed by atoms with van der Waals surface area (Å²) in [6.45, 7) is 3.56. The molecule has 0 saturated carbocycles. The van der Waals surface area contributed by atoms with Crippen LogP contribution >= 0.6 is 0 Å². The highest BCUT2D eigenvalue weighted by atomic mass is 16.6. The predicted molar refractivity (Wildman–Crippen MR) is 65.9 cm³/mol. The second-order valence-electron chi connectivity index (χ2n) is 4.03. The number of nitrogens with two attached hydrogens (primary N) is 1. The minimum Gasteiger partial charge on any atom is -0.388 e. The molecule has 9 heteroatoms. The lowest BCUT2D eigenvalue weighted by Crippen LogP contribution is -2.33. The van der Waals surface area contributed by atoms with Gasteiger partial charge in [0.25, 0.3) is 0 Å². The van der Waals surface area contributed by atoms with Gasteiger partial charge in [-0.05, 0) is 13.3 Å². The molecule has 1 atom stereocenters. The summed E-state index contributed by atoms with van der Waals surface area (Å²) in [6.07, 6.45) is 1.55. The number of aliphatic hydroxyl groups is 1. The van der Waals surface area contributed by atoms with Gasteiger partial charge in [0.2, 0.25) is 11.8 Å². The summed E-state index contributed by atoms with van der Waals surface area (Å²) in [6, 6.07) is 0. The fourth-order valence-electron chi connectivity index (χ4n) is 1.11. The molecule has 1 heterocycles. The Morgan fingerprint density at radius 2 is 2.33 bits per heavy atom. The third-order valence-electron chi connectivity index (χ3n) is 2.49. The summed E-state index contributed by atoms with van der Waals surface area (Å²) in [7, 11) is 0. The van der Waals surface area contributed by atoms with Gasteiger partial charge < -0.3 is 10.4 Å². The minimum absolute atomic E-state index is 0.0108. The standard InChI is InChI=1S/C9H16N6O3/c1-3-9(2,16)5-12-7-6(15(17)18)4-11-8(13-7)14-10/h4,16H,3,5,10H2,1-2H3,(H2,11,12,13,14). The van der Waals surface area contributed by atoms with E-state index in [4.69, 9.17) is 5.84 Å². The number of nitrogens with zero attached hydrogens (tertiary/aromatic N) is 3. The third kappa shape index (κ3) is 3.50. The van der Waals surface area contributed by atoms with Crippen molar-refractivity contribution in [2.75, 3.05) is 17.3 Å². The fraction of sp³-hybridized carbons (Fsp3) is 0.556. The van der Waals surface area contributed by atoms with E-state index in [2.05, 4.69) is 20.7 Å². The van der Waals surface area contributed by atoms with Gasteiger partial charge in [0.1, 0.15) is 6.20 Å². The second-order valence-corrected chi connectivity index (χ2v) is 4.03. The van der Waals surface area contributed by atoms with Crippen LogP contribution in [0, 0.1) is 10.1 Å². The van der Waals surface area contributed by atoms with Gasteiger partial charge in [0, 0.05) is 6.54 Å². The number of rotatable bonds is 6. The van der Waals surface area contributed by atoms with Crippen molar-refractivity contribution in [1.29, 1.82) is 0 Å². The first-order valence-corrected chi connectivity index (χ1v) is 5.34. The Morgan fingerprint density at radius 1 is 1.67 bits per heavy atom. The molecule has 0 aliphatic heterocycles. The van der Waals surface area contributed by atoms with Crippen molar-refractivity contribution in [1.82, 2.24) is 9.97 Å². The van der Waals surface area contributed by atoms with E-state index in [1.165, 1.54) is 0 Å². The molecule has 1 unspecified atom stereocenters. The average Bonchev–Trinajstić information content (AvgIpc) is 2.36. The second kappa shape index (κ2) is 5.56. The largest absolute Gasteiger partial charge is 0.388 e. The van der Waals surface area contributed by atoms with E-state index in [9.17, 15) is 15.2 Å². The molecule has 1 aromatic rings. The first-order chi connectivity index (χ1) is 8.39. The molecule has 18 heavy (non-hydrogen) atoms. The van der Waals surface area contributed by atoms with Gasteiger partial charge >= 0.3 is 5.69 Å². The predicted octanol–water partition coefficient (Wildman–Crippen LogP) is 0.243. The Morgan fingerprint density at radius 3 is 2.83 bits per heavy atom. The molecule has 9 nitrogen and oxygen atoms in total. The van der Waals surface area contributed by atoms with Crippen LogP contribution in [0.4, 0.5) is 17.5 Å². The Labute approximate surface area is 104 Å². The zero-order chi connectivity index (χ0) is 13.8. The molecule has 0 bridgehead atoms. The smallest absolute Gasteiger partial charge is 0.329 e. The van der Waals surface area contributed by atoms with Gasteiger partial charge in [-0.15, -0.1) is 0 Å². The van der Waals surface area contributed by atoms with Gasteiger partial charge in [-0.1, -0.05) is 6.92 Å². The van der Waals surface area contributed by atoms with Crippen LogP contribution in [0.1, 0.15) is 20.3 Å². The maximum absolute atomic E-state index is 10.8. The third-order valence-corrected chi connectivity index (χ3v) is 2.49. The van der Waals surface area contributed by atoms with Crippen LogP contribution in [0.5, 0.6) is 0 Å². The van der Waals surface area contributed by atoms with Crippen molar-refractivity contribution in [3.8, 4) is 0 Å². The number of hydrogen-bond donors (Lipinski definition) is 4. The van der Waals surface area contributed by atoms with Gasteiger partial charge in [-0.25, -0.2) is 10.8 Å². The highest BCUT2D eigenvalue weighted by Gasteiger charge is 2.22. The SMILES string of the molecule is CCC(C)(O)CNc1nc(NN)ncc1[N+](=O)[O-]. The molecule has 0 aliphatic rings. The summed E-state index contributed by atoms with van der Waals surface area (Å²) >= 11 is 0. The normalized spacial score (nSPS) is 13.8. The van der Waals surface area contributed by atoms with Crippen LogP contribution in [0.3, 0.4) is 0 Å². The molecular weight excluding hydrogens is 240 g/mol. The number of hydrazine groups is 1. The molecule has 0 spiro atoms. The Balaban J connectivity index is 2.94. The molecule has 0 aromatic carbocycles. The fourth-order valence-corrected chi connectivity index (χ4v) is 1.11. The van der Waals surface area contributed by atoms with E-state index in [0.717, 1.165) is 6.20 Å². The maximum Gasteiger partial charge on any atom is 0.329 e. The first-order valence-electron chi connectivity index (χ1n) is 5.34. The first kappa shape index (κ1) is 14.1. The molecule has 1 rings (SSSR count). The summed E-state index contributed by atoms with van der Waals surface area (Å²) in [4.78, 5) is 17.7. The average molecular weight is 256 g/mol. The molecule has 0 fully saturated rings. The van der Waals surface area contributed by atoms with Crippen LogP contribution < -0.4 is 16.6 Å². The molecule has 0 aliphatic carbocycles. The molecule has 1 aromatic heterocycles. The monoisotopic (exact) mass is 256 g/mol. The van der Waals surface area contributed by atoms with Crippen molar-refractivity contribution in [2.24, 2.45) is 5.84 Å². The van der Waals surface area contributed by atoms with Crippen LogP contribution in [-0.2, 0) is 0 Å². The van der Waals surface area contributed by atoms with E-state index in [1.54, 1.807) is 6.92 Å². The highest BCUT2D eigenvalue weighted by Crippen LogP contribution is 2.22. The topological polar surface area (TPSA) is 139 Å². The van der Waals surface area contributed by atoms with Gasteiger partial charge in [0.15, 0.2) is 0 Å². The molecule has 0 saturated heterocycles. The summed E-state index contributed by atoms with van der Waals surface area (Å²) in [5.74, 6) is 5.20. The van der Waals surface area contributed by atoms with Crippen molar-refractivity contribution in [2.45, 2.75) is 25.9 Å². The van der Waals surface area contributed by atoms with Crippen LogP contribution in [-0.4, -0.2) is 32.1 Å². The van der Waals surface area contributed by atoms with Crippen LogP contribution in [0.25, 0.3) is 0 Å². The van der Waals surface area contributed by atoms with E-state index in [1.807, 2.05) is 6.92 Å². The minimum atomic E-state index is -0.977. The quantitative estimate of drug-likeness (QED) is 0.322. The summed E-state index contributed by atoms with van der Waals surface area (Å²) < 4.78 is 0. The van der Waals surface area contributed by atoms with E-state index < -0.39 is 10.5 Å². The zero-order valence-corrected chi connectivity index (χ0v) is 10.2. The van der Waals surface area contributed by atoms with Crippen LogP contribution in [0.2, 0.25) is 0 Å². The zero-order valence-electron chi connectivity index (χ0n) is 10.2.